The molecule has 5 heteroatoms. The van der Waals surface area contributed by atoms with Gasteiger partial charge in [0.25, 0.3) is 0 Å². The third-order valence-corrected chi connectivity index (χ3v) is 1.83. The summed E-state index contributed by atoms with van der Waals surface area (Å²) in [6.07, 6.45) is 0.372. The average Bonchev–Trinajstić information content (AvgIpc) is 2.35. The van der Waals surface area contributed by atoms with Crippen LogP contribution in [-0.2, 0) is 9.53 Å². The van der Waals surface area contributed by atoms with Crippen molar-refractivity contribution >= 4 is 5.97 Å². The van der Waals surface area contributed by atoms with Crippen molar-refractivity contribution in [2.75, 3.05) is 13.2 Å². The van der Waals surface area contributed by atoms with Crippen LogP contribution in [0.3, 0.4) is 0 Å². The summed E-state index contributed by atoms with van der Waals surface area (Å²) in [4.78, 5) is 10.9. The highest BCUT2D eigenvalue weighted by Gasteiger charge is 2.12. The molecule has 0 fully saturated rings. The van der Waals surface area contributed by atoms with Gasteiger partial charge in [-0.05, 0) is 12.1 Å². The van der Waals surface area contributed by atoms with Gasteiger partial charge in [-0.1, -0.05) is 24.8 Å². The van der Waals surface area contributed by atoms with Gasteiger partial charge in [0.05, 0.1) is 6.61 Å². The van der Waals surface area contributed by atoms with Gasteiger partial charge >= 0.3 is 5.97 Å². The predicted molar refractivity (Wildman–Crippen MR) is 62.7 cm³/mol. The molecule has 0 amide bonds. The van der Waals surface area contributed by atoms with Crippen molar-refractivity contribution in [3.05, 3.63) is 43.0 Å². The molecule has 0 aliphatic heterocycles. The molecule has 94 valence electrons. The number of hydrogen-bond acceptors (Lipinski definition) is 4. The van der Waals surface area contributed by atoms with Crippen molar-refractivity contribution < 1.29 is 24.9 Å². The van der Waals surface area contributed by atoms with Gasteiger partial charge in [-0.25, -0.2) is 4.79 Å². The van der Waals surface area contributed by atoms with Crippen LogP contribution in [0.5, 0.6) is 5.75 Å². The molecular weight excluding hydrogens is 224 g/mol. The zero-order valence-electron chi connectivity index (χ0n) is 9.33. The van der Waals surface area contributed by atoms with Crippen molar-refractivity contribution in [1.29, 1.82) is 0 Å². The Hall–Kier alpha value is -1.85. The van der Waals surface area contributed by atoms with Crippen molar-refractivity contribution in [2.24, 2.45) is 0 Å². The second kappa shape index (κ2) is 8.32. The number of hydrogen-bond donors (Lipinski definition) is 1. The largest absolute Gasteiger partial charge is 0.490 e. The Morgan fingerprint density at radius 3 is 2.59 bits per heavy atom. The van der Waals surface area contributed by atoms with Crippen molar-refractivity contribution in [3.63, 3.8) is 0 Å². The molecule has 0 aromatic heterocycles. The molecule has 1 atom stereocenters. The van der Waals surface area contributed by atoms with E-state index in [9.17, 15) is 4.79 Å². The number of aliphatic hydroxyl groups excluding tert-OH is 1. The Morgan fingerprint density at radius 2 is 2.06 bits per heavy atom. The summed E-state index contributed by atoms with van der Waals surface area (Å²) in [5.74, 6) is 0.0892. The van der Waals surface area contributed by atoms with Crippen LogP contribution in [0.4, 0.5) is 0 Å². The van der Waals surface area contributed by atoms with Crippen molar-refractivity contribution in [1.82, 2.24) is 0 Å². The molecule has 0 radical (unpaired) electrons. The zero-order chi connectivity index (χ0) is 11.8. The summed E-state index contributed by atoms with van der Waals surface area (Å²) in [5.41, 5.74) is 0. The fourth-order valence-electron chi connectivity index (χ4n) is 1.04. The van der Waals surface area contributed by atoms with Gasteiger partial charge in [-0.15, -0.1) is 0 Å². The molecule has 1 rings (SSSR count). The fraction of sp³-hybridized carbons (Fsp3) is 0.250. The van der Waals surface area contributed by atoms with Gasteiger partial charge in [-0.2, -0.15) is 0 Å². The lowest BCUT2D eigenvalue weighted by Gasteiger charge is -2.15. The third kappa shape index (κ3) is 5.70. The number of carbonyl (C=O) groups is 1. The molecule has 17 heavy (non-hydrogen) atoms. The van der Waals surface area contributed by atoms with Crippen LogP contribution in [-0.4, -0.2) is 35.9 Å². The van der Waals surface area contributed by atoms with E-state index in [2.05, 4.69) is 6.58 Å². The number of carbonyl (C=O) groups excluding carboxylic acids is 1. The van der Waals surface area contributed by atoms with E-state index in [4.69, 9.17) is 14.6 Å². The normalized spacial score (nSPS) is 10.9. The summed E-state index contributed by atoms with van der Waals surface area (Å²) in [7, 11) is 0. The van der Waals surface area contributed by atoms with Crippen LogP contribution >= 0.6 is 0 Å². The van der Waals surface area contributed by atoms with Crippen LogP contribution in [0.25, 0.3) is 0 Å². The Balaban J connectivity index is 0.00000256. The zero-order valence-corrected chi connectivity index (χ0v) is 9.33. The molecule has 1 unspecified atom stereocenters. The Labute approximate surface area is 99.6 Å². The summed E-state index contributed by atoms with van der Waals surface area (Å²) in [5, 5.41) is 8.96. The molecule has 0 spiro atoms. The first kappa shape index (κ1) is 15.2. The molecule has 0 aliphatic carbocycles. The lowest BCUT2D eigenvalue weighted by Crippen LogP contribution is -2.27. The standard InChI is InChI=1S/C12H14O4.H2O/c1-2-12(14)16-11(8-13)9-15-10-6-4-3-5-7-10;/h2-7,11,13H,1,8-9H2;1H2. The van der Waals surface area contributed by atoms with Gasteiger partial charge in [0.15, 0.2) is 6.10 Å². The van der Waals surface area contributed by atoms with Crippen LogP contribution in [0.1, 0.15) is 0 Å². The van der Waals surface area contributed by atoms with E-state index in [1.807, 2.05) is 18.2 Å². The second-order valence-electron chi connectivity index (χ2n) is 3.07. The van der Waals surface area contributed by atoms with E-state index in [-0.39, 0.29) is 18.7 Å². The smallest absolute Gasteiger partial charge is 0.330 e. The number of ether oxygens (including phenoxy) is 2. The maximum absolute atomic E-state index is 10.9. The predicted octanol–water partition coefficient (Wildman–Crippen LogP) is 0.331. The number of rotatable bonds is 6. The molecule has 1 aromatic carbocycles. The summed E-state index contributed by atoms with van der Waals surface area (Å²) in [6.45, 7) is 3.10. The molecule has 0 heterocycles. The van der Waals surface area contributed by atoms with E-state index in [1.165, 1.54) is 0 Å². The average molecular weight is 240 g/mol. The lowest BCUT2D eigenvalue weighted by molar-refractivity contribution is -0.146. The summed E-state index contributed by atoms with van der Waals surface area (Å²) < 4.78 is 10.2. The highest BCUT2D eigenvalue weighted by Crippen LogP contribution is 2.09. The summed E-state index contributed by atoms with van der Waals surface area (Å²) in [6, 6.07) is 9.10. The van der Waals surface area contributed by atoms with Gasteiger partial charge in [-0.3, -0.25) is 0 Å². The maximum atomic E-state index is 10.9. The molecule has 5 nitrogen and oxygen atoms in total. The Bertz CT molecular complexity index is 336. The molecule has 0 saturated carbocycles. The first-order valence-electron chi connectivity index (χ1n) is 4.88. The lowest BCUT2D eigenvalue weighted by atomic mass is 10.3. The van der Waals surface area contributed by atoms with Crippen molar-refractivity contribution in [3.8, 4) is 5.75 Å². The topological polar surface area (TPSA) is 87.3 Å². The van der Waals surface area contributed by atoms with Crippen LogP contribution in [0, 0.1) is 0 Å². The second-order valence-corrected chi connectivity index (χ2v) is 3.07. The quantitative estimate of drug-likeness (QED) is 0.573. The highest BCUT2D eigenvalue weighted by molar-refractivity contribution is 5.81. The van der Waals surface area contributed by atoms with Crippen molar-refractivity contribution in [2.45, 2.75) is 6.10 Å². The van der Waals surface area contributed by atoms with E-state index in [0.29, 0.717) is 5.75 Å². The fourth-order valence-corrected chi connectivity index (χ4v) is 1.04. The van der Waals surface area contributed by atoms with Gasteiger partial charge in [0, 0.05) is 6.08 Å². The number of aliphatic hydroxyl groups is 1. The Kier molecular flexibility index (Phi) is 7.41. The number of esters is 1. The first-order valence-corrected chi connectivity index (χ1v) is 4.88. The van der Waals surface area contributed by atoms with E-state index < -0.39 is 12.1 Å². The minimum Gasteiger partial charge on any atom is -0.490 e. The minimum atomic E-state index is -0.675. The van der Waals surface area contributed by atoms with Crippen LogP contribution in [0.15, 0.2) is 43.0 Å². The highest BCUT2D eigenvalue weighted by atomic mass is 16.6. The van der Waals surface area contributed by atoms with Gasteiger partial charge in [0.1, 0.15) is 12.4 Å². The first-order chi connectivity index (χ1) is 7.76. The van der Waals surface area contributed by atoms with Crippen LogP contribution in [0.2, 0.25) is 0 Å². The van der Waals surface area contributed by atoms with Gasteiger partial charge in [0.2, 0.25) is 0 Å². The number of para-hydroxylation sites is 1. The maximum Gasteiger partial charge on any atom is 0.330 e. The van der Waals surface area contributed by atoms with E-state index >= 15 is 0 Å². The van der Waals surface area contributed by atoms with Crippen LogP contribution < -0.4 is 4.74 Å². The molecular formula is C12H16O5. The molecule has 0 aliphatic rings. The SMILES string of the molecule is C=CC(=O)OC(CO)COc1ccccc1.O. The minimum absolute atomic E-state index is 0. The Morgan fingerprint density at radius 1 is 1.41 bits per heavy atom. The monoisotopic (exact) mass is 240 g/mol. The number of benzene rings is 1. The summed E-state index contributed by atoms with van der Waals surface area (Å²) >= 11 is 0. The van der Waals surface area contributed by atoms with Gasteiger partial charge < -0.3 is 20.1 Å². The molecule has 0 bridgehead atoms. The van der Waals surface area contributed by atoms with E-state index in [0.717, 1.165) is 6.08 Å². The van der Waals surface area contributed by atoms with E-state index in [1.54, 1.807) is 12.1 Å². The molecule has 3 N–H and O–H groups in total. The molecule has 1 aromatic rings. The molecule has 0 saturated heterocycles. The third-order valence-electron chi connectivity index (χ3n) is 1.83.